The SMILES string of the molecule is C1CCC2(C1)CCC2.C1CCC2(C1)CCC2.CC(C)C.CC(C)C. The van der Waals surface area contributed by atoms with E-state index < -0.39 is 0 Å². The van der Waals surface area contributed by atoms with Gasteiger partial charge in [0.2, 0.25) is 0 Å². The summed E-state index contributed by atoms with van der Waals surface area (Å²) in [6.07, 6.45) is 21.7. The molecule has 0 unspecified atom stereocenters. The van der Waals surface area contributed by atoms with E-state index in [-0.39, 0.29) is 0 Å². The molecular weight excluding hydrogens is 288 g/mol. The number of hydrogen-bond donors (Lipinski definition) is 0. The Morgan fingerprint density at radius 2 is 0.542 bits per heavy atom. The molecule has 0 heteroatoms. The Labute approximate surface area is 154 Å². The third kappa shape index (κ3) is 8.39. The van der Waals surface area contributed by atoms with Crippen LogP contribution in [0.3, 0.4) is 0 Å². The van der Waals surface area contributed by atoms with Gasteiger partial charge in [-0.15, -0.1) is 0 Å². The number of hydrogen-bond acceptors (Lipinski definition) is 0. The topological polar surface area (TPSA) is 0 Å². The van der Waals surface area contributed by atoms with Gasteiger partial charge in [0.1, 0.15) is 0 Å². The van der Waals surface area contributed by atoms with Crippen LogP contribution in [0.5, 0.6) is 0 Å². The van der Waals surface area contributed by atoms with Crippen LogP contribution >= 0.6 is 0 Å². The lowest BCUT2D eigenvalue weighted by Crippen LogP contribution is -2.24. The maximum atomic E-state index is 2.17. The van der Waals surface area contributed by atoms with E-state index in [9.17, 15) is 0 Å². The van der Waals surface area contributed by atoms with Crippen LogP contribution in [-0.2, 0) is 0 Å². The van der Waals surface area contributed by atoms with E-state index in [1.54, 1.807) is 51.4 Å². The normalized spacial score (nSPS) is 25.0. The van der Waals surface area contributed by atoms with E-state index in [1.807, 2.05) is 0 Å². The van der Waals surface area contributed by atoms with E-state index in [0.29, 0.717) is 0 Å². The summed E-state index contributed by atoms with van der Waals surface area (Å²) in [5.74, 6) is 1.67. The minimum Gasteiger partial charge on any atom is -0.0630 e. The molecule has 0 bridgehead atoms. The maximum absolute atomic E-state index is 2.17. The molecule has 24 heavy (non-hydrogen) atoms. The van der Waals surface area contributed by atoms with Gasteiger partial charge < -0.3 is 0 Å². The summed E-state index contributed by atoms with van der Waals surface area (Å²) in [5, 5.41) is 0. The molecule has 4 aliphatic carbocycles. The zero-order valence-electron chi connectivity index (χ0n) is 18.1. The Morgan fingerprint density at radius 1 is 0.375 bits per heavy atom. The predicted molar refractivity (Wildman–Crippen MR) is 111 cm³/mol. The van der Waals surface area contributed by atoms with Crippen LogP contribution in [0.25, 0.3) is 0 Å². The van der Waals surface area contributed by atoms with Crippen molar-refractivity contribution < 1.29 is 0 Å². The first kappa shape index (κ1) is 22.0. The highest BCUT2D eigenvalue weighted by atomic mass is 14.4. The third-order valence-electron chi connectivity index (χ3n) is 6.16. The minimum absolute atomic E-state index is 0.833. The fraction of sp³-hybridized carbons (Fsp3) is 1.00. The zero-order valence-corrected chi connectivity index (χ0v) is 18.1. The van der Waals surface area contributed by atoms with Crippen molar-refractivity contribution in [2.75, 3.05) is 0 Å². The highest BCUT2D eigenvalue weighted by Crippen LogP contribution is 2.53. The third-order valence-corrected chi connectivity index (χ3v) is 6.16. The molecule has 0 atom stereocenters. The van der Waals surface area contributed by atoms with Crippen molar-refractivity contribution in [3.05, 3.63) is 0 Å². The van der Waals surface area contributed by atoms with Gasteiger partial charge in [0.25, 0.3) is 0 Å². The van der Waals surface area contributed by atoms with Crippen molar-refractivity contribution in [2.24, 2.45) is 22.7 Å². The first-order chi connectivity index (χ1) is 11.3. The lowest BCUT2D eigenvalue weighted by molar-refractivity contribution is 0.144. The molecule has 0 N–H and O–H groups in total. The van der Waals surface area contributed by atoms with Crippen molar-refractivity contribution >= 4 is 0 Å². The quantitative estimate of drug-likeness (QED) is 0.414. The van der Waals surface area contributed by atoms with Crippen LogP contribution in [-0.4, -0.2) is 0 Å². The van der Waals surface area contributed by atoms with Crippen molar-refractivity contribution in [1.29, 1.82) is 0 Å². The fourth-order valence-corrected chi connectivity index (χ4v) is 4.60. The second-order valence-electron chi connectivity index (χ2n) is 10.6. The summed E-state index contributed by atoms with van der Waals surface area (Å²) in [7, 11) is 0. The average Bonchev–Trinajstić information content (AvgIpc) is 3.07. The molecule has 0 radical (unpaired) electrons. The van der Waals surface area contributed by atoms with Crippen LogP contribution in [0.15, 0.2) is 0 Å². The van der Waals surface area contributed by atoms with E-state index in [4.69, 9.17) is 0 Å². The average molecular weight is 337 g/mol. The number of rotatable bonds is 0. The molecule has 0 aromatic carbocycles. The van der Waals surface area contributed by atoms with Crippen LogP contribution in [0.4, 0.5) is 0 Å². The second kappa shape index (κ2) is 10.9. The minimum atomic E-state index is 0.833. The van der Waals surface area contributed by atoms with Gasteiger partial charge >= 0.3 is 0 Å². The van der Waals surface area contributed by atoms with E-state index in [0.717, 1.165) is 22.7 Å². The Bertz CT molecular complexity index is 250. The van der Waals surface area contributed by atoms with Gasteiger partial charge in [0.15, 0.2) is 0 Å². The van der Waals surface area contributed by atoms with Gasteiger partial charge in [-0.05, 0) is 74.0 Å². The molecule has 0 aliphatic heterocycles. The first-order valence-electron chi connectivity index (χ1n) is 11.3. The standard InChI is InChI=1S/2C8H14.2C4H10/c2*1-2-5-8(4-1)6-3-7-8;2*1-4(2)3/h2*1-7H2;2*4H,1-3H3. The molecule has 4 saturated carbocycles. The molecule has 0 aromatic heterocycles. The van der Waals surface area contributed by atoms with Crippen LogP contribution < -0.4 is 0 Å². The largest absolute Gasteiger partial charge is 0.0630 e. The molecular formula is C24H48. The summed E-state index contributed by atoms with van der Waals surface area (Å²) in [6.45, 7) is 13.0. The highest BCUT2D eigenvalue weighted by Gasteiger charge is 2.39. The van der Waals surface area contributed by atoms with E-state index in [1.165, 1.54) is 38.5 Å². The molecule has 144 valence electrons. The molecule has 0 amide bonds. The van der Waals surface area contributed by atoms with Gasteiger partial charge in [-0.2, -0.15) is 0 Å². The van der Waals surface area contributed by atoms with Crippen molar-refractivity contribution in [2.45, 2.75) is 131 Å². The molecule has 2 spiro atoms. The van der Waals surface area contributed by atoms with E-state index >= 15 is 0 Å². The van der Waals surface area contributed by atoms with Crippen molar-refractivity contribution in [3.63, 3.8) is 0 Å². The molecule has 4 fully saturated rings. The Hall–Kier alpha value is 0. The van der Waals surface area contributed by atoms with Crippen LogP contribution in [0.1, 0.15) is 131 Å². The second-order valence-corrected chi connectivity index (χ2v) is 10.6. The molecule has 4 rings (SSSR count). The Morgan fingerprint density at radius 3 is 0.625 bits per heavy atom. The lowest BCUT2D eigenvalue weighted by Gasteiger charge is -2.38. The van der Waals surface area contributed by atoms with Gasteiger partial charge in [0, 0.05) is 0 Å². The van der Waals surface area contributed by atoms with E-state index in [2.05, 4.69) is 41.5 Å². The Kier molecular flexibility index (Phi) is 9.98. The van der Waals surface area contributed by atoms with Gasteiger partial charge in [-0.25, -0.2) is 0 Å². The van der Waals surface area contributed by atoms with Gasteiger partial charge in [-0.1, -0.05) is 80.1 Å². The summed E-state index contributed by atoms with van der Waals surface area (Å²) < 4.78 is 0. The first-order valence-corrected chi connectivity index (χ1v) is 11.3. The summed E-state index contributed by atoms with van der Waals surface area (Å²) in [6, 6.07) is 0. The fourth-order valence-electron chi connectivity index (χ4n) is 4.60. The summed E-state index contributed by atoms with van der Waals surface area (Å²) in [4.78, 5) is 0. The molecule has 0 heterocycles. The molecule has 0 nitrogen and oxygen atoms in total. The monoisotopic (exact) mass is 336 g/mol. The predicted octanol–water partition coefficient (Wildman–Crippen LogP) is 8.79. The molecule has 4 aliphatic rings. The van der Waals surface area contributed by atoms with Crippen LogP contribution in [0, 0.1) is 22.7 Å². The van der Waals surface area contributed by atoms with Crippen molar-refractivity contribution in [3.8, 4) is 0 Å². The highest BCUT2D eigenvalue weighted by molar-refractivity contribution is 4.91. The molecule has 0 saturated heterocycles. The maximum Gasteiger partial charge on any atom is -0.0297 e. The van der Waals surface area contributed by atoms with Crippen LogP contribution in [0.2, 0.25) is 0 Å². The summed E-state index contributed by atoms with van der Waals surface area (Å²) in [5.41, 5.74) is 1.83. The molecule has 0 aromatic rings. The smallest absolute Gasteiger partial charge is 0.0297 e. The zero-order chi connectivity index (χ0) is 18.1. The Balaban J connectivity index is 0.000000171. The summed E-state index contributed by atoms with van der Waals surface area (Å²) >= 11 is 0. The van der Waals surface area contributed by atoms with Gasteiger partial charge in [-0.3, -0.25) is 0 Å². The lowest BCUT2D eigenvalue weighted by atomic mass is 9.68. The van der Waals surface area contributed by atoms with Crippen molar-refractivity contribution in [1.82, 2.24) is 0 Å². The van der Waals surface area contributed by atoms with Gasteiger partial charge in [0.05, 0.1) is 0 Å².